The number of carbonyl (C=O) groups is 1. The minimum absolute atomic E-state index is 0.189. The van der Waals surface area contributed by atoms with Gasteiger partial charge in [0, 0.05) is 30.3 Å². The maximum atomic E-state index is 13.6. The zero-order valence-corrected chi connectivity index (χ0v) is 17.5. The van der Waals surface area contributed by atoms with Gasteiger partial charge in [0.05, 0.1) is 28.9 Å². The summed E-state index contributed by atoms with van der Waals surface area (Å²) in [6, 6.07) is 7.50. The molecule has 5 heterocycles. The van der Waals surface area contributed by atoms with Gasteiger partial charge in [-0.2, -0.15) is 5.10 Å². The monoisotopic (exact) mass is 404 g/mol. The third-order valence-corrected chi connectivity index (χ3v) is 5.49. The van der Waals surface area contributed by atoms with E-state index in [1.807, 2.05) is 62.7 Å². The van der Waals surface area contributed by atoms with E-state index in [-0.39, 0.29) is 17.1 Å². The van der Waals surface area contributed by atoms with E-state index in [1.54, 1.807) is 11.2 Å². The first-order valence-corrected chi connectivity index (χ1v) is 10.1. The number of rotatable bonds is 2. The van der Waals surface area contributed by atoms with Gasteiger partial charge < -0.3 is 14.3 Å². The van der Waals surface area contributed by atoms with Crippen LogP contribution in [0.5, 0.6) is 0 Å². The number of aromatic nitrogens is 5. The lowest BCUT2D eigenvalue weighted by molar-refractivity contribution is 0.0649. The number of imidazole rings is 1. The van der Waals surface area contributed by atoms with E-state index in [1.165, 1.54) is 0 Å². The van der Waals surface area contributed by atoms with Gasteiger partial charge in [0.15, 0.2) is 0 Å². The highest BCUT2D eigenvalue weighted by atomic mass is 16.4. The summed E-state index contributed by atoms with van der Waals surface area (Å²) < 4.78 is 7.77. The van der Waals surface area contributed by atoms with Gasteiger partial charge in [-0.15, -0.1) is 0 Å². The number of amides is 1. The number of aromatic amines is 1. The molecule has 0 radical (unpaired) electrons. The van der Waals surface area contributed by atoms with Crippen LogP contribution in [0.4, 0.5) is 0 Å². The quantitative estimate of drug-likeness (QED) is 0.552. The van der Waals surface area contributed by atoms with Crippen LogP contribution in [0.3, 0.4) is 0 Å². The van der Waals surface area contributed by atoms with Crippen molar-refractivity contribution in [2.45, 2.75) is 45.6 Å². The molecule has 4 aromatic rings. The van der Waals surface area contributed by atoms with Gasteiger partial charge >= 0.3 is 0 Å². The summed E-state index contributed by atoms with van der Waals surface area (Å²) >= 11 is 0. The predicted molar refractivity (Wildman–Crippen MR) is 110 cm³/mol. The second-order valence-electron chi connectivity index (χ2n) is 8.74. The molecule has 0 aliphatic carbocycles. The standard InChI is InChI=1S/C22H24N6O2/c1-13-19(30-21(25-13)22(2,3)4)20(29)27-10-8-15-17(24-12-23-15)18(27)16-11-14-7-5-6-9-28(14)26-16/h5-7,9,11-12,18H,8,10H2,1-4H3,(H,23,24)/t18-/m0/s1. The van der Waals surface area contributed by atoms with Crippen molar-refractivity contribution in [1.29, 1.82) is 0 Å². The Morgan fingerprint density at radius 2 is 2.13 bits per heavy atom. The molecule has 8 heteroatoms. The van der Waals surface area contributed by atoms with E-state index >= 15 is 0 Å². The third kappa shape index (κ3) is 2.91. The number of hydrogen-bond acceptors (Lipinski definition) is 5. The summed E-state index contributed by atoms with van der Waals surface area (Å²) in [5, 5.41) is 4.73. The van der Waals surface area contributed by atoms with Crippen molar-refractivity contribution in [2.24, 2.45) is 0 Å². The van der Waals surface area contributed by atoms with Gasteiger partial charge in [-0.05, 0) is 25.1 Å². The molecule has 1 aliphatic heterocycles. The Hall–Kier alpha value is -3.42. The molecule has 0 saturated heterocycles. The van der Waals surface area contributed by atoms with Crippen LogP contribution in [0, 0.1) is 6.92 Å². The predicted octanol–water partition coefficient (Wildman–Crippen LogP) is 3.44. The number of aryl methyl sites for hydroxylation is 1. The number of carbonyl (C=O) groups excluding carboxylic acids is 1. The average Bonchev–Trinajstić information content (AvgIpc) is 3.43. The number of pyridine rings is 1. The molecule has 1 N–H and O–H groups in total. The van der Waals surface area contributed by atoms with Crippen molar-refractivity contribution in [2.75, 3.05) is 6.54 Å². The van der Waals surface area contributed by atoms with Crippen molar-refractivity contribution >= 4 is 11.4 Å². The maximum absolute atomic E-state index is 13.6. The number of nitrogens with one attached hydrogen (secondary N) is 1. The summed E-state index contributed by atoms with van der Waals surface area (Å²) in [4.78, 5) is 27.7. The Balaban J connectivity index is 1.60. The molecule has 8 nitrogen and oxygen atoms in total. The van der Waals surface area contributed by atoms with Crippen LogP contribution >= 0.6 is 0 Å². The van der Waals surface area contributed by atoms with Crippen LogP contribution in [-0.2, 0) is 11.8 Å². The maximum Gasteiger partial charge on any atom is 0.292 e. The number of fused-ring (bicyclic) bond motifs is 2. The lowest BCUT2D eigenvalue weighted by atomic mass is 9.97. The minimum atomic E-state index is -0.394. The zero-order chi connectivity index (χ0) is 21.0. The van der Waals surface area contributed by atoms with Crippen LogP contribution in [0.25, 0.3) is 5.52 Å². The van der Waals surface area contributed by atoms with Crippen molar-refractivity contribution in [3.63, 3.8) is 0 Å². The van der Waals surface area contributed by atoms with Crippen molar-refractivity contribution in [3.05, 3.63) is 71.2 Å². The Morgan fingerprint density at radius 1 is 1.30 bits per heavy atom. The highest BCUT2D eigenvalue weighted by molar-refractivity contribution is 5.93. The second-order valence-corrected chi connectivity index (χ2v) is 8.74. The topological polar surface area (TPSA) is 92.3 Å². The molecule has 1 aliphatic rings. The lowest BCUT2D eigenvalue weighted by Gasteiger charge is -2.33. The van der Waals surface area contributed by atoms with E-state index in [0.29, 0.717) is 24.6 Å². The first kappa shape index (κ1) is 18.6. The van der Waals surface area contributed by atoms with Crippen LogP contribution < -0.4 is 0 Å². The van der Waals surface area contributed by atoms with Crippen molar-refractivity contribution < 1.29 is 9.21 Å². The van der Waals surface area contributed by atoms with Crippen LogP contribution in [-0.4, -0.2) is 41.9 Å². The SMILES string of the molecule is Cc1nc(C(C)(C)C)oc1C(=O)N1CCc2[nH]cnc2[C@@H]1c1cc2ccccn2n1. The first-order valence-electron chi connectivity index (χ1n) is 10.1. The van der Waals surface area contributed by atoms with Crippen LogP contribution in [0.2, 0.25) is 0 Å². The van der Waals surface area contributed by atoms with E-state index < -0.39 is 6.04 Å². The summed E-state index contributed by atoms with van der Waals surface area (Å²) in [7, 11) is 0. The normalized spacial score (nSPS) is 16.8. The molecule has 0 aromatic carbocycles. The van der Waals surface area contributed by atoms with Crippen molar-refractivity contribution in [3.8, 4) is 0 Å². The smallest absolute Gasteiger partial charge is 0.292 e. The van der Waals surface area contributed by atoms with Gasteiger partial charge in [-0.25, -0.2) is 14.5 Å². The molecule has 0 unspecified atom stereocenters. The summed E-state index contributed by atoms with van der Waals surface area (Å²) in [6.07, 6.45) is 4.28. The summed E-state index contributed by atoms with van der Waals surface area (Å²) in [5.41, 5.74) is 3.93. The third-order valence-electron chi connectivity index (χ3n) is 5.49. The number of H-pyrrole nitrogens is 1. The second kappa shape index (κ2) is 6.55. The van der Waals surface area contributed by atoms with Crippen LogP contribution in [0.15, 0.2) is 41.2 Å². The Morgan fingerprint density at radius 3 is 2.87 bits per heavy atom. The molecular formula is C22H24N6O2. The lowest BCUT2D eigenvalue weighted by Crippen LogP contribution is -2.41. The Bertz CT molecular complexity index is 1210. The zero-order valence-electron chi connectivity index (χ0n) is 17.5. The molecule has 0 spiro atoms. The number of hydrogen-bond donors (Lipinski definition) is 1. The van der Waals surface area contributed by atoms with Crippen molar-refractivity contribution in [1.82, 2.24) is 29.5 Å². The summed E-state index contributed by atoms with van der Waals surface area (Å²) in [6.45, 7) is 8.40. The van der Waals surface area contributed by atoms with E-state index in [9.17, 15) is 4.79 Å². The van der Waals surface area contributed by atoms with Gasteiger partial charge in [0.2, 0.25) is 11.7 Å². The highest BCUT2D eigenvalue weighted by Gasteiger charge is 2.38. The van der Waals surface area contributed by atoms with E-state index in [2.05, 4.69) is 15.0 Å². The summed E-state index contributed by atoms with van der Waals surface area (Å²) in [5.74, 6) is 0.656. The number of nitrogens with zero attached hydrogens (tertiary/aromatic N) is 5. The molecule has 5 rings (SSSR count). The Labute approximate surface area is 173 Å². The van der Waals surface area contributed by atoms with Gasteiger partial charge in [0.1, 0.15) is 6.04 Å². The Kier molecular flexibility index (Phi) is 4.06. The largest absolute Gasteiger partial charge is 0.435 e. The molecule has 0 saturated carbocycles. The molecule has 0 bridgehead atoms. The van der Waals surface area contributed by atoms with Crippen LogP contribution in [0.1, 0.15) is 66.0 Å². The van der Waals surface area contributed by atoms with E-state index in [4.69, 9.17) is 9.52 Å². The molecule has 30 heavy (non-hydrogen) atoms. The van der Waals surface area contributed by atoms with Gasteiger partial charge in [-0.3, -0.25) is 4.79 Å². The fourth-order valence-electron chi connectivity index (χ4n) is 3.93. The fraction of sp³-hybridized carbons (Fsp3) is 0.364. The first-order chi connectivity index (χ1) is 14.3. The van der Waals surface area contributed by atoms with Gasteiger partial charge in [-0.1, -0.05) is 26.8 Å². The highest BCUT2D eigenvalue weighted by Crippen LogP contribution is 2.35. The molecule has 1 amide bonds. The molecule has 1 atom stereocenters. The number of oxazole rings is 1. The minimum Gasteiger partial charge on any atom is -0.435 e. The molecule has 4 aromatic heterocycles. The molecule has 0 fully saturated rings. The fourth-order valence-corrected chi connectivity index (χ4v) is 3.93. The molecule has 154 valence electrons. The van der Waals surface area contributed by atoms with E-state index in [0.717, 1.165) is 22.6 Å². The average molecular weight is 404 g/mol. The molecular weight excluding hydrogens is 380 g/mol. The van der Waals surface area contributed by atoms with Gasteiger partial charge in [0.25, 0.3) is 5.91 Å².